The van der Waals surface area contributed by atoms with Crippen molar-refractivity contribution in [3.05, 3.63) is 77.1 Å². The summed E-state index contributed by atoms with van der Waals surface area (Å²) in [5, 5.41) is 1.14. The molecule has 0 saturated carbocycles. The van der Waals surface area contributed by atoms with E-state index in [0.717, 1.165) is 38.5 Å². The number of hydrogen-bond acceptors (Lipinski definition) is 6. The first-order valence-electron chi connectivity index (χ1n) is 10.3. The molecule has 152 valence electrons. The minimum atomic E-state index is -0.0251. The van der Waals surface area contributed by atoms with Gasteiger partial charge in [-0.15, -0.1) is 0 Å². The van der Waals surface area contributed by atoms with E-state index < -0.39 is 0 Å². The van der Waals surface area contributed by atoms with Gasteiger partial charge in [-0.2, -0.15) is 0 Å². The van der Waals surface area contributed by atoms with Crippen molar-refractivity contribution in [2.24, 2.45) is 0 Å². The first-order valence-corrected chi connectivity index (χ1v) is 10.3. The van der Waals surface area contributed by atoms with E-state index in [9.17, 15) is 4.79 Å². The number of para-hydroxylation sites is 2. The molecule has 1 aliphatic rings. The Hall–Kier alpha value is -3.38. The number of aromatic nitrogens is 1. The van der Waals surface area contributed by atoms with Gasteiger partial charge in [-0.05, 0) is 36.4 Å². The van der Waals surface area contributed by atoms with Gasteiger partial charge in [0.2, 0.25) is 5.43 Å². The lowest BCUT2D eigenvalue weighted by Gasteiger charge is -2.35. The minimum Gasteiger partial charge on any atom is -0.488 e. The second-order valence-electron chi connectivity index (χ2n) is 7.43. The number of ether oxygens (including phenoxy) is 1. The van der Waals surface area contributed by atoms with Crippen LogP contribution < -0.4 is 15.1 Å². The molecular formula is C24H23N3O3. The molecule has 0 aliphatic carbocycles. The van der Waals surface area contributed by atoms with E-state index in [2.05, 4.69) is 20.9 Å². The number of hydrogen-bond donors (Lipinski definition) is 0. The molecule has 5 rings (SSSR count). The smallest absolute Gasteiger partial charge is 0.200 e. The van der Waals surface area contributed by atoms with Crippen molar-refractivity contribution < 1.29 is 9.15 Å². The SMILES string of the molecule is O=c1c2ccccc2oc2c(OCCN3CCN(c4ccccn4)CC3)cccc12. The van der Waals surface area contributed by atoms with Crippen LogP contribution in [0.3, 0.4) is 0 Å². The van der Waals surface area contributed by atoms with Crippen molar-refractivity contribution in [3.8, 4) is 5.75 Å². The van der Waals surface area contributed by atoms with Crippen LogP contribution in [0.1, 0.15) is 0 Å². The Labute approximate surface area is 174 Å². The van der Waals surface area contributed by atoms with Crippen LogP contribution in [0.2, 0.25) is 0 Å². The fraction of sp³-hybridized carbons (Fsp3) is 0.250. The molecule has 6 heteroatoms. The molecule has 0 bridgehead atoms. The maximum absolute atomic E-state index is 12.8. The molecule has 1 fully saturated rings. The lowest BCUT2D eigenvalue weighted by molar-refractivity contribution is 0.200. The molecule has 6 nitrogen and oxygen atoms in total. The Kier molecular flexibility index (Phi) is 5.07. The van der Waals surface area contributed by atoms with Gasteiger partial charge in [0.25, 0.3) is 0 Å². The number of rotatable bonds is 5. The molecule has 0 N–H and O–H groups in total. The van der Waals surface area contributed by atoms with Crippen LogP contribution in [0.15, 0.2) is 76.1 Å². The number of benzene rings is 2. The summed E-state index contributed by atoms with van der Waals surface area (Å²) in [5.74, 6) is 1.65. The van der Waals surface area contributed by atoms with E-state index in [1.165, 1.54) is 0 Å². The van der Waals surface area contributed by atoms with Gasteiger partial charge in [0, 0.05) is 38.9 Å². The Balaban J connectivity index is 1.25. The number of pyridine rings is 1. The molecule has 1 aliphatic heterocycles. The zero-order valence-electron chi connectivity index (χ0n) is 16.7. The van der Waals surface area contributed by atoms with Crippen LogP contribution in [0.5, 0.6) is 5.75 Å². The van der Waals surface area contributed by atoms with Crippen molar-refractivity contribution in [1.82, 2.24) is 9.88 Å². The second kappa shape index (κ2) is 8.16. The molecule has 0 radical (unpaired) electrons. The van der Waals surface area contributed by atoms with Crippen molar-refractivity contribution in [3.63, 3.8) is 0 Å². The zero-order valence-corrected chi connectivity index (χ0v) is 16.7. The molecule has 0 unspecified atom stereocenters. The van der Waals surface area contributed by atoms with E-state index in [1.54, 1.807) is 12.1 Å². The Morgan fingerprint density at radius 3 is 2.53 bits per heavy atom. The fourth-order valence-corrected chi connectivity index (χ4v) is 3.94. The van der Waals surface area contributed by atoms with E-state index in [4.69, 9.17) is 9.15 Å². The van der Waals surface area contributed by atoms with Crippen LogP contribution in [0.25, 0.3) is 21.9 Å². The zero-order chi connectivity index (χ0) is 20.3. The summed E-state index contributed by atoms with van der Waals surface area (Å²) in [6.07, 6.45) is 1.83. The summed E-state index contributed by atoms with van der Waals surface area (Å²) < 4.78 is 12.0. The van der Waals surface area contributed by atoms with E-state index >= 15 is 0 Å². The standard InChI is InChI=1S/C24H23N3O3/c28-23-18-6-1-2-8-20(18)30-24-19(23)7-5-9-21(24)29-17-16-26-12-14-27(15-13-26)22-10-3-4-11-25-22/h1-11H,12-17H2. The molecule has 4 aromatic rings. The molecule has 0 atom stereocenters. The van der Waals surface area contributed by atoms with Crippen LogP contribution in [-0.4, -0.2) is 49.2 Å². The van der Waals surface area contributed by atoms with Crippen molar-refractivity contribution in [2.45, 2.75) is 0 Å². The molecule has 0 spiro atoms. The van der Waals surface area contributed by atoms with Gasteiger partial charge >= 0.3 is 0 Å². The second-order valence-corrected chi connectivity index (χ2v) is 7.43. The summed E-state index contributed by atoms with van der Waals surface area (Å²) in [6.45, 7) is 5.20. The van der Waals surface area contributed by atoms with Crippen LogP contribution in [-0.2, 0) is 0 Å². The summed E-state index contributed by atoms with van der Waals surface area (Å²) in [4.78, 5) is 21.9. The summed E-state index contributed by atoms with van der Waals surface area (Å²) in [6, 6.07) is 18.8. The van der Waals surface area contributed by atoms with Crippen molar-refractivity contribution >= 4 is 27.8 Å². The lowest BCUT2D eigenvalue weighted by Crippen LogP contribution is -2.47. The monoisotopic (exact) mass is 401 g/mol. The lowest BCUT2D eigenvalue weighted by atomic mass is 10.1. The highest BCUT2D eigenvalue weighted by Gasteiger charge is 2.18. The molecule has 2 aromatic carbocycles. The molecular weight excluding hydrogens is 378 g/mol. The maximum atomic E-state index is 12.8. The van der Waals surface area contributed by atoms with Crippen molar-refractivity contribution in [1.29, 1.82) is 0 Å². The first-order chi connectivity index (χ1) is 14.8. The molecule has 30 heavy (non-hydrogen) atoms. The van der Waals surface area contributed by atoms with Gasteiger partial charge in [-0.1, -0.05) is 24.3 Å². The summed E-state index contributed by atoms with van der Waals surface area (Å²) in [7, 11) is 0. The molecule has 1 saturated heterocycles. The minimum absolute atomic E-state index is 0.0251. The number of fused-ring (bicyclic) bond motifs is 2. The van der Waals surface area contributed by atoms with E-state index in [1.807, 2.05) is 48.7 Å². The molecule has 3 heterocycles. The normalized spacial score (nSPS) is 15.0. The Morgan fingerprint density at radius 1 is 0.900 bits per heavy atom. The highest BCUT2D eigenvalue weighted by atomic mass is 16.5. The van der Waals surface area contributed by atoms with Gasteiger partial charge in [0.05, 0.1) is 10.8 Å². The highest BCUT2D eigenvalue weighted by molar-refractivity contribution is 5.92. The van der Waals surface area contributed by atoms with Gasteiger partial charge in [-0.3, -0.25) is 9.69 Å². The van der Waals surface area contributed by atoms with Gasteiger partial charge in [0.15, 0.2) is 11.3 Å². The maximum Gasteiger partial charge on any atom is 0.200 e. The van der Waals surface area contributed by atoms with E-state index in [0.29, 0.717) is 34.3 Å². The molecule has 2 aromatic heterocycles. The topological polar surface area (TPSA) is 58.8 Å². The third kappa shape index (κ3) is 3.62. The van der Waals surface area contributed by atoms with Crippen LogP contribution in [0.4, 0.5) is 5.82 Å². The largest absolute Gasteiger partial charge is 0.488 e. The Morgan fingerprint density at radius 2 is 1.70 bits per heavy atom. The number of nitrogens with zero attached hydrogens (tertiary/aromatic N) is 3. The Bertz CT molecular complexity index is 1210. The van der Waals surface area contributed by atoms with Gasteiger partial charge < -0.3 is 14.1 Å². The summed E-state index contributed by atoms with van der Waals surface area (Å²) in [5.41, 5.74) is 1.07. The number of anilines is 1. The van der Waals surface area contributed by atoms with Gasteiger partial charge in [0.1, 0.15) is 18.0 Å². The van der Waals surface area contributed by atoms with Crippen molar-refractivity contribution in [2.75, 3.05) is 44.2 Å². The van der Waals surface area contributed by atoms with Crippen LogP contribution >= 0.6 is 0 Å². The third-order valence-electron chi connectivity index (χ3n) is 5.58. The van der Waals surface area contributed by atoms with Crippen LogP contribution in [0, 0.1) is 0 Å². The van der Waals surface area contributed by atoms with E-state index in [-0.39, 0.29) is 5.43 Å². The first kappa shape index (κ1) is 18.6. The fourth-order valence-electron chi connectivity index (χ4n) is 3.94. The third-order valence-corrected chi connectivity index (χ3v) is 5.58. The average molecular weight is 401 g/mol. The average Bonchev–Trinajstić information content (AvgIpc) is 2.81. The quantitative estimate of drug-likeness (QED) is 0.477. The summed E-state index contributed by atoms with van der Waals surface area (Å²) >= 11 is 0. The molecule has 0 amide bonds. The predicted molar refractivity (Wildman–Crippen MR) is 118 cm³/mol. The predicted octanol–water partition coefficient (Wildman–Crippen LogP) is 3.54. The highest BCUT2D eigenvalue weighted by Crippen LogP contribution is 2.27. The van der Waals surface area contributed by atoms with Gasteiger partial charge in [-0.25, -0.2) is 4.98 Å². The number of piperazine rings is 1.